The molecule has 0 spiro atoms. The highest BCUT2D eigenvalue weighted by molar-refractivity contribution is 5.73. The molecule has 0 radical (unpaired) electrons. The molecule has 0 aromatic heterocycles. The molecule has 1 aliphatic rings. The van der Waals surface area contributed by atoms with Crippen molar-refractivity contribution >= 4 is 11.9 Å². The normalized spacial score (nSPS) is 24.9. The van der Waals surface area contributed by atoms with Gasteiger partial charge in [0.05, 0.1) is 13.0 Å². The maximum absolute atomic E-state index is 11.7. The Hall–Kier alpha value is -1.06. The second kappa shape index (κ2) is 7.51. The Labute approximate surface area is 116 Å². The highest BCUT2D eigenvalue weighted by Crippen LogP contribution is 2.33. The lowest BCUT2D eigenvalue weighted by atomic mass is 9.76. The predicted molar refractivity (Wildman–Crippen MR) is 74.5 cm³/mol. The second-order valence-electron chi connectivity index (χ2n) is 6.08. The minimum Gasteiger partial charge on any atom is -0.469 e. The number of hydrogen-bond donors (Lipinski definition) is 1. The maximum Gasteiger partial charge on any atom is 0.308 e. The van der Waals surface area contributed by atoms with E-state index in [1.54, 1.807) is 6.92 Å². The molecule has 0 unspecified atom stereocenters. The van der Waals surface area contributed by atoms with Crippen molar-refractivity contribution in [2.45, 2.75) is 58.9 Å². The van der Waals surface area contributed by atoms with Gasteiger partial charge in [0.25, 0.3) is 0 Å². The molecule has 1 fully saturated rings. The minimum absolute atomic E-state index is 0.00664. The molecule has 3 atom stereocenters. The zero-order valence-corrected chi connectivity index (χ0v) is 12.6. The number of carbonyl (C=O) groups excluding carboxylic acids is 2. The Bertz CT molecular complexity index is 315. The first-order chi connectivity index (χ1) is 8.93. The van der Waals surface area contributed by atoms with E-state index in [2.05, 4.69) is 19.2 Å². The van der Waals surface area contributed by atoms with Gasteiger partial charge in [0.15, 0.2) is 0 Å². The van der Waals surface area contributed by atoms with Crippen molar-refractivity contribution in [1.82, 2.24) is 5.32 Å². The van der Waals surface area contributed by atoms with Crippen molar-refractivity contribution in [3.8, 4) is 0 Å². The number of hydrogen-bond acceptors (Lipinski definition) is 3. The van der Waals surface area contributed by atoms with Crippen LogP contribution >= 0.6 is 0 Å². The minimum atomic E-state index is -0.101. The van der Waals surface area contributed by atoms with Gasteiger partial charge in [-0.3, -0.25) is 9.59 Å². The van der Waals surface area contributed by atoms with E-state index in [1.165, 1.54) is 7.11 Å². The van der Waals surface area contributed by atoms with Gasteiger partial charge in [-0.1, -0.05) is 20.3 Å². The predicted octanol–water partition coefficient (Wildman–Crippen LogP) is 2.52. The number of nitrogens with one attached hydrogen (secondary N) is 1. The van der Waals surface area contributed by atoms with E-state index in [9.17, 15) is 9.59 Å². The molecule has 1 aliphatic carbocycles. The summed E-state index contributed by atoms with van der Waals surface area (Å²) < 4.78 is 4.85. The number of rotatable bonds is 5. The lowest BCUT2D eigenvalue weighted by Crippen LogP contribution is -2.42. The maximum atomic E-state index is 11.7. The molecule has 4 nitrogen and oxygen atoms in total. The van der Waals surface area contributed by atoms with Gasteiger partial charge >= 0.3 is 5.97 Å². The largest absolute Gasteiger partial charge is 0.469 e. The first kappa shape index (κ1) is 16.0. The fraction of sp³-hybridized carbons (Fsp3) is 0.867. The van der Waals surface area contributed by atoms with Crippen LogP contribution in [0.3, 0.4) is 0 Å². The van der Waals surface area contributed by atoms with Gasteiger partial charge in [-0.25, -0.2) is 0 Å². The van der Waals surface area contributed by atoms with E-state index in [0.717, 1.165) is 32.1 Å². The molecule has 0 saturated heterocycles. The lowest BCUT2D eigenvalue weighted by molar-refractivity contribution is -0.147. The van der Waals surface area contributed by atoms with Crippen molar-refractivity contribution in [1.29, 1.82) is 0 Å². The quantitative estimate of drug-likeness (QED) is 0.780. The molecule has 1 rings (SSSR count). The third kappa shape index (κ3) is 5.21. The van der Waals surface area contributed by atoms with Crippen LogP contribution in [0.25, 0.3) is 0 Å². The van der Waals surface area contributed by atoms with Crippen LogP contribution in [0.15, 0.2) is 0 Å². The van der Waals surface area contributed by atoms with E-state index >= 15 is 0 Å². The van der Waals surface area contributed by atoms with Crippen LogP contribution in [-0.4, -0.2) is 25.0 Å². The zero-order valence-electron chi connectivity index (χ0n) is 12.6. The molecule has 0 heterocycles. The smallest absolute Gasteiger partial charge is 0.308 e. The van der Waals surface area contributed by atoms with Gasteiger partial charge in [0, 0.05) is 13.0 Å². The van der Waals surface area contributed by atoms with E-state index in [1.807, 2.05) is 0 Å². The average Bonchev–Trinajstić information content (AvgIpc) is 2.36. The van der Waals surface area contributed by atoms with E-state index in [4.69, 9.17) is 4.74 Å². The Morgan fingerprint density at radius 2 is 2.00 bits per heavy atom. The van der Waals surface area contributed by atoms with Crippen LogP contribution in [0.4, 0.5) is 0 Å². The van der Waals surface area contributed by atoms with E-state index in [0.29, 0.717) is 11.8 Å². The SMILES string of the molecule is COC(=O)[C@@H]1CCC[C@H]([C@H](CC(C)C)NC(C)=O)C1. The molecule has 1 saturated carbocycles. The van der Waals surface area contributed by atoms with E-state index < -0.39 is 0 Å². The molecule has 4 heteroatoms. The van der Waals surface area contributed by atoms with Gasteiger partial charge in [-0.15, -0.1) is 0 Å². The van der Waals surface area contributed by atoms with Crippen LogP contribution in [0, 0.1) is 17.8 Å². The Balaban J connectivity index is 2.66. The number of carbonyl (C=O) groups is 2. The molecule has 19 heavy (non-hydrogen) atoms. The van der Waals surface area contributed by atoms with Crippen LogP contribution in [0.5, 0.6) is 0 Å². The van der Waals surface area contributed by atoms with Crippen molar-refractivity contribution in [3.05, 3.63) is 0 Å². The molecule has 1 amide bonds. The highest BCUT2D eigenvalue weighted by Gasteiger charge is 2.32. The van der Waals surface area contributed by atoms with Gasteiger partial charge in [-0.2, -0.15) is 0 Å². The molecule has 0 bridgehead atoms. The summed E-state index contributed by atoms with van der Waals surface area (Å²) in [6.45, 7) is 5.89. The summed E-state index contributed by atoms with van der Waals surface area (Å²) in [4.78, 5) is 23.0. The second-order valence-corrected chi connectivity index (χ2v) is 6.08. The Kier molecular flexibility index (Phi) is 6.32. The molecule has 0 aliphatic heterocycles. The molecule has 0 aromatic rings. The monoisotopic (exact) mass is 269 g/mol. The van der Waals surface area contributed by atoms with Crippen molar-refractivity contribution in [2.75, 3.05) is 7.11 Å². The van der Waals surface area contributed by atoms with Crippen molar-refractivity contribution in [3.63, 3.8) is 0 Å². The average molecular weight is 269 g/mol. The molecule has 0 aromatic carbocycles. The van der Waals surface area contributed by atoms with Crippen LogP contribution in [0.1, 0.15) is 52.9 Å². The topological polar surface area (TPSA) is 55.4 Å². The van der Waals surface area contributed by atoms with Gasteiger partial charge in [-0.05, 0) is 37.5 Å². The van der Waals surface area contributed by atoms with Gasteiger partial charge < -0.3 is 10.1 Å². The lowest BCUT2D eigenvalue weighted by Gasteiger charge is -2.34. The fourth-order valence-corrected chi connectivity index (χ4v) is 3.11. The fourth-order valence-electron chi connectivity index (χ4n) is 3.11. The molecule has 1 N–H and O–H groups in total. The zero-order chi connectivity index (χ0) is 14.4. The standard InChI is InChI=1S/C15H27NO3/c1-10(2)8-14(16-11(3)17)12-6-5-7-13(9-12)15(18)19-4/h10,12-14H,5-9H2,1-4H3,(H,16,17)/t12-,13+,14-/m0/s1. The summed E-state index contributed by atoms with van der Waals surface area (Å²) in [6, 6.07) is 0.185. The van der Waals surface area contributed by atoms with Crippen molar-refractivity contribution in [2.24, 2.45) is 17.8 Å². The van der Waals surface area contributed by atoms with E-state index in [-0.39, 0.29) is 23.8 Å². The van der Waals surface area contributed by atoms with Crippen molar-refractivity contribution < 1.29 is 14.3 Å². The Morgan fingerprint density at radius 1 is 1.32 bits per heavy atom. The van der Waals surface area contributed by atoms with Crippen LogP contribution in [-0.2, 0) is 14.3 Å². The van der Waals surface area contributed by atoms with Gasteiger partial charge in [0.2, 0.25) is 5.91 Å². The summed E-state index contributed by atoms with van der Waals surface area (Å²) in [5.74, 6) is 0.855. The summed E-state index contributed by atoms with van der Waals surface area (Å²) >= 11 is 0. The molecular weight excluding hydrogens is 242 g/mol. The number of ether oxygens (including phenoxy) is 1. The highest BCUT2D eigenvalue weighted by atomic mass is 16.5. The number of methoxy groups -OCH3 is 1. The molecule has 110 valence electrons. The number of amides is 1. The summed E-state index contributed by atoms with van der Waals surface area (Å²) in [5.41, 5.74) is 0. The third-order valence-corrected chi connectivity index (χ3v) is 3.93. The summed E-state index contributed by atoms with van der Waals surface area (Å²) in [5, 5.41) is 3.07. The third-order valence-electron chi connectivity index (χ3n) is 3.93. The van der Waals surface area contributed by atoms with Crippen LogP contribution in [0.2, 0.25) is 0 Å². The van der Waals surface area contributed by atoms with Gasteiger partial charge in [0.1, 0.15) is 0 Å². The Morgan fingerprint density at radius 3 is 2.53 bits per heavy atom. The number of esters is 1. The first-order valence-corrected chi connectivity index (χ1v) is 7.29. The van der Waals surface area contributed by atoms with Crippen LogP contribution < -0.4 is 5.32 Å². The summed E-state index contributed by atoms with van der Waals surface area (Å²) in [7, 11) is 1.45. The first-order valence-electron chi connectivity index (χ1n) is 7.29. The molecular formula is C15H27NO3. The summed E-state index contributed by atoms with van der Waals surface area (Å²) in [6.07, 6.45) is 4.85.